The SMILES string of the molecule is CC1(C(=O)Nc2cccc(Cn3ccnc3)c2)CCCN1. The molecule has 0 radical (unpaired) electrons. The number of aromatic nitrogens is 2. The molecule has 5 nitrogen and oxygen atoms in total. The summed E-state index contributed by atoms with van der Waals surface area (Å²) >= 11 is 0. The van der Waals surface area contributed by atoms with Gasteiger partial charge in [0.2, 0.25) is 5.91 Å². The normalized spacial score (nSPS) is 21.4. The van der Waals surface area contributed by atoms with E-state index in [-0.39, 0.29) is 5.91 Å². The first-order valence-electron chi connectivity index (χ1n) is 7.27. The summed E-state index contributed by atoms with van der Waals surface area (Å²) in [5.41, 5.74) is 1.53. The van der Waals surface area contributed by atoms with Crippen molar-refractivity contribution in [1.82, 2.24) is 14.9 Å². The average molecular weight is 284 g/mol. The summed E-state index contributed by atoms with van der Waals surface area (Å²) in [5, 5.41) is 6.30. The maximum Gasteiger partial charge on any atom is 0.244 e. The topological polar surface area (TPSA) is 59.0 Å². The first kappa shape index (κ1) is 13.8. The molecule has 110 valence electrons. The lowest BCUT2D eigenvalue weighted by Crippen LogP contribution is -2.47. The van der Waals surface area contributed by atoms with Crippen molar-refractivity contribution >= 4 is 11.6 Å². The number of carbonyl (C=O) groups excluding carboxylic acids is 1. The summed E-state index contributed by atoms with van der Waals surface area (Å²) in [7, 11) is 0. The van der Waals surface area contributed by atoms with E-state index in [9.17, 15) is 4.79 Å². The zero-order chi connectivity index (χ0) is 14.7. The quantitative estimate of drug-likeness (QED) is 0.903. The third-order valence-corrected chi connectivity index (χ3v) is 3.98. The molecule has 1 aliphatic heterocycles. The van der Waals surface area contributed by atoms with E-state index in [4.69, 9.17) is 0 Å². The summed E-state index contributed by atoms with van der Waals surface area (Å²) in [5.74, 6) is 0.0415. The van der Waals surface area contributed by atoms with Crippen LogP contribution in [-0.4, -0.2) is 27.5 Å². The van der Waals surface area contributed by atoms with E-state index in [0.717, 1.165) is 37.2 Å². The Morgan fingerprint density at radius 3 is 3.14 bits per heavy atom. The van der Waals surface area contributed by atoms with Crippen LogP contribution in [0.2, 0.25) is 0 Å². The number of hydrogen-bond acceptors (Lipinski definition) is 3. The molecular weight excluding hydrogens is 264 g/mol. The van der Waals surface area contributed by atoms with Gasteiger partial charge >= 0.3 is 0 Å². The molecule has 21 heavy (non-hydrogen) atoms. The minimum Gasteiger partial charge on any atom is -0.333 e. The van der Waals surface area contributed by atoms with Crippen LogP contribution < -0.4 is 10.6 Å². The third-order valence-electron chi connectivity index (χ3n) is 3.98. The standard InChI is InChI=1S/C16H20N4O/c1-16(6-3-7-18-16)15(21)19-14-5-2-4-13(10-14)11-20-9-8-17-12-20/h2,4-5,8-10,12,18H,3,6-7,11H2,1H3,(H,19,21). The fourth-order valence-electron chi connectivity index (χ4n) is 2.70. The van der Waals surface area contributed by atoms with Crippen molar-refractivity contribution in [3.8, 4) is 0 Å². The average Bonchev–Trinajstić information content (AvgIpc) is 3.12. The molecule has 2 heterocycles. The molecule has 1 amide bonds. The van der Waals surface area contributed by atoms with Crippen LogP contribution in [0.25, 0.3) is 0 Å². The zero-order valence-electron chi connectivity index (χ0n) is 12.2. The second kappa shape index (κ2) is 5.69. The lowest BCUT2D eigenvalue weighted by atomic mass is 9.99. The maximum absolute atomic E-state index is 12.4. The van der Waals surface area contributed by atoms with Gasteiger partial charge in [0.25, 0.3) is 0 Å². The van der Waals surface area contributed by atoms with Gasteiger partial charge in [0.05, 0.1) is 11.9 Å². The number of carbonyl (C=O) groups is 1. The number of hydrogen-bond donors (Lipinski definition) is 2. The van der Waals surface area contributed by atoms with Crippen LogP contribution in [-0.2, 0) is 11.3 Å². The highest BCUT2D eigenvalue weighted by atomic mass is 16.2. The Morgan fingerprint density at radius 1 is 1.52 bits per heavy atom. The van der Waals surface area contributed by atoms with Crippen molar-refractivity contribution in [3.63, 3.8) is 0 Å². The van der Waals surface area contributed by atoms with Gasteiger partial charge in [-0.1, -0.05) is 12.1 Å². The summed E-state index contributed by atoms with van der Waals surface area (Å²) in [6.07, 6.45) is 7.40. The number of amides is 1. The van der Waals surface area contributed by atoms with Gasteiger partial charge < -0.3 is 15.2 Å². The largest absolute Gasteiger partial charge is 0.333 e. The zero-order valence-corrected chi connectivity index (χ0v) is 12.2. The molecule has 1 aliphatic rings. The Balaban J connectivity index is 1.69. The van der Waals surface area contributed by atoms with E-state index in [0.29, 0.717) is 0 Å². The summed E-state index contributed by atoms with van der Waals surface area (Å²) in [4.78, 5) is 16.4. The van der Waals surface area contributed by atoms with Gasteiger partial charge in [-0.25, -0.2) is 4.98 Å². The van der Waals surface area contributed by atoms with E-state index in [1.165, 1.54) is 0 Å². The van der Waals surface area contributed by atoms with Gasteiger partial charge in [0.1, 0.15) is 0 Å². The Labute approximate surface area is 124 Å². The van der Waals surface area contributed by atoms with Crippen LogP contribution in [0.15, 0.2) is 43.0 Å². The molecule has 1 fully saturated rings. The maximum atomic E-state index is 12.4. The molecule has 0 spiro atoms. The first-order chi connectivity index (χ1) is 10.2. The molecule has 0 bridgehead atoms. The van der Waals surface area contributed by atoms with Gasteiger partial charge in [-0.3, -0.25) is 4.79 Å². The monoisotopic (exact) mass is 284 g/mol. The highest BCUT2D eigenvalue weighted by Gasteiger charge is 2.35. The number of nitrogens with zero attached hydrogens (tertiary/aromatic N) is 2. The van der Waals surface area contributed by atoms with E-state index < -0.39 is 5.54 Å². The van der Waals surface area contributed by atoms with Crippen LogP contribution >= 0.6 is 0 Å². The van der Waals surface area contributed by atoms with Gasteiger partial charge in [-0.15, -0.1) is 0 Å². The Hall–Kier alpha value is -2.14. The predicted octanol–water partition coefficient (Wildman–Crippen LogP) is 2.01. The molecule has 2 N–H and O–H groups in total. The van der Waals surface area contributed by atoms with Gasteiger partial charge in [0, 0.05) is 24.6 Å². The molecule has 3 rings (SSSR count). The van der Waals surface area contributed by atoms with E-state index >= 15 is 0 Å². The highest BCUT2D eigenvalue weighted by Crippen LogP contribution is 2.21. The van der Waals surface area contributed by atoms with Crippen molar-refractivity contribution in [3.05, 3.63) is 48.5 Å². The number of rotatable bonds is 4. The van der Waals surface area contributed by atoms with Gasteiger partial charge in [0.15, 0.2) is 0 Å². The lowest BCUT2D eigenvalue weighted by molar-refractivity contribution is -0.121. The molecule has 1 saturated heterocycles. The van der Waals surface area contributed by atoms with Crippen LogP contribution in [0.1, 0.15) is 25.3 Å². The van der Waals surface area contributed by atoms with E-state index in [1.807, 2.05) is 42.0 Å². The highest BCUT2D eigenvalue weighted by molar-refractivity contribution is 5.98. The number of imidazole rings is 1. The molecule has 0 saturated carbocycles. The molecule has 1 aromatic heterocycles. The molecule has 0 aliphatic carbocycles. The van der Waals surface area contributed by atoms with Crippen LogP contribution in [0, 0.1) is 0 Å². The molecule has 5 heteroatoms. The molecular formula is C16H20N4O. The van der Waals surface area contributed by atoms with Crippen molar-refractivity contribution in [2.75, 3.05) is 11.9 Å². The predicted molar refractivity (Wildman–Crippen MR) is 82.0 cm³/mol. The molecule has 1 aromatic carbocycles. The third kappa shape index (κ3) is 3.13. The van der Waals surface area contributed by atoms with Crippen LogP contribution in [0.5, 0.6) is 0 Å². The van der Waals surface area contributed by atoms with E-state index in [2.05, 4.69) is 15.6 Å². The summed E-state index contributed by atoms with van der Waals surface area (Å²) in [6.45, 7) is 3.62. The fraction of sp³-hybridized carbons (Fsp3) is 0.375. The molecule has 1 atom stereocenters. The smallest absolute Gasteiger partial charge is 0.244 e. The van der Waals surface area contributed by atoms with Crippen molar-refractivity contribution in [2.45, 2.75) is 31.8 Å². The first-order valence-corrected chi connectivity index (χ1v) is 7.27. The number of benzene rings is 1. The van der Waals surface area contributed by atoms with Crippen LogP contribution in [0.3, 0.4) is 0 Å². The molecule has 2 aromatic rings. The Kier molecular flexibility index (Phi) is 3.75. The van der Waals surface area contributed by atoms with Crippen LogP contribution in [0.4, 0.5) is 5.69 Å². The van der Waals surface area contributed by atoms with Gasteiger partial charge in [-0.2, -0.15) is 0 Å². The fourth-order valence-corrected chi connectivity index (χ4v) is 2.70. The Morgan fingerprint density at radius 2 is 2.43 bits per heavy atom. The minimum atomic E-state index is -0.444. The second-order valence-corrected chi connectivity index (χ2v) is 5.75. The van der Waals surface area contributed by atoms with Crippen molar-refractivity contribution < 1.29 is 4.79 Å². The number of nitrogens with one attached hydrogen (secondary N) is 2. The molecule has 1 unspecified atom stereocenters. The van der Waals surface area contributed by atoms with Crippen molar-refractivity contribution in [2.24, 2.45) is 0 Å². The lowest BCUT2D eigenvalue weighted by Gasteiger charge is -2.23. The summed E-state index contributed by atoms with van der Waals surface area (Å²) < 4.78 is 2.00. The second-order valence-electron chi connectivity index (χ2n) is 5.75. The van der Waals surface area contributed by atoms with E-state index in [1.54, 1.807) is 12.5 Å². The van der Waals surface area contributed by atoms with Gasteiger partial charge in [-0.05, 0) is 44.0 Å². The van der Waals surface area contributed by atoms with Crippen molar-refractivity contribution in [1.29, 1.82) is 0 Å². The summed E-state index contributed by atoms with van der Waals surface area (Å²) in [6, 6.07) is 7.95. The minimum absolute atomic E-state index is 0.0415. The Bertz CT molecular complexity index is 615. The number of anilines is 1.